The van der Waals surface area contributed by atoms with E-state index in [4.69, 9.17) is 21.5 Å². The van der Waals surface area contributed by atoms with Crippen LogP contribution in [0.4, 0.5) is 5.69 Å². The zero-order valence-corrected chi connectivity index (χ0v) is 16.2. The Hall–Kier alpha value is -3.78. The number of nitrogens with zero attached hydrogens (tertiary/aromatic N) is 2. The maximum Gasteiger partial charge on any atom is 0.261 e. The standard InChI is InChI=1S/C21H16N4O3S/c1-27-18-11-15-5-3-2-4-14(15)10-17(18)20(26)24-21(29)23-16-8-6-13(7-9-16)19-22-12-28-25-19/h2-12H,1H3,(H2,23,24,26,29). The Morgan fingerprint density at radius 3 is 2.45 bits per heavy atom. The number of benzene rings is 3. The molecule has 0 radical (unpaired) electrons. The number of ether oxygens (including phenoxy) is 1. The number of anilines is 1. The van der Waals surface area contributed by atoms with Crippen LogP contribution in [-0.2, 0) is 0 Å². The first kappa shape index (κ1) is 18.6. The Morgan fingerprint density at radius 1 is 1.07 bits per heavy atom. The van der Waals surface area contributed by atoms with Gasteiger partial charge in [-0.2, -0.15) is 4.98 Å². The highest BCUT2D eigenvalue weighted by Crippen LogP contribution is 2.26. The fraction of sp³-hybridized carbons (Fsp3) is 0.0476. The van der Waals surface area contributed by atoms with Crippen molar-refractivity contribution in [1.82, 2.24) is 15.5 Å². The number of methoxy groups -OCH3 is 1. The van der Waals surface area contributed by atoms with Crippen molar-refractivity contribution in [3.63, 3.8) is 0 Å². The van der Waals surface area contributed by atoms with Crippen molar-refractivity contribution in [3.05, 3.63) is 72.6 Å². The van der Waals surface area contributed by atoms with Crippen LogP contribution in [0.5, 0.6) is 5.75 Å². The highest BCUT2D eigenvalue weighted by Gasteiger charge is 2.15. The summed E-state index contributed by atoms with van der Waals surface area (Å²) in [6, 6.07) is 18.6. The molecule has 144 valence electrons. The largest absolute Gasteiger partial charge is 0.496 e. The molecule has 0 aliphatic carbocycles. The van der Waals surface area contributed by atoms with E-state index < -0.39 is 0 Å². The Balaban J connectivity index is 1.47. The van der Waals surface area contributed by atoms with Crippen molar-refractivity contribution in [1.29, 1.82) is 0 Å². The molecule has 0 unspecified atom stereocenters. The first-order valence-electron chi connectivity index (χ1n) is 8.70. The summed E-state index contributed by atoms with van der Waals surface area (Å²) in [5, 5.41) is 11.6. The molecule has 4 aromatic rings. The number of hydrogen-bond acceptors (Lipinski definition) is 6. The van der Waals surface area contributed by atoms with Gasteiger partial charge in [-0.3, -0.25) is 10.1 Å². The van der Waals surface area contributed by atoms with Gasteiger partial charge in [0.1, 0.15) is 5.75 Å². The average Bonchev–Trinajstić information content (AvgIpc) is 3.28. The minimum absolute atomic E-state index is 0.178. The van der Waals surface area contributed by atoms with Gasteiger partial charge in [0.2, 0.25) is 12.2 Å². The van der Waals surface area contributed by atoms with Crippen LogP contribution in [0, 0.1) is 0 Å². The lowest BCUT2D eigenvalue weighted by Gasteiger charge is -2.13. The molecular weight excluding hydrogens is 388 g/mol. The van der Waals surface area contributed by atoms with Crippen LogP contribution >= 0.6 is 12.2 Å². The molecule has 0 atom stereocenters. The Morgan fingerprint density at radius 2 is 1.79 bits per heavy atom. The summed E-state index contributed by atoms with van der Waals surface area (Å²) in [6.45, 7) is 0. The van der Waals surface area contributed by atoms with Gasteiger partial charge in [0.25, 0.3) is 5.91 Å². The summed E-state index contributed by atoms with van der Waals surface area (Å²) >= 11 is 5.28. The van der Waals surface area contributed by atoms with Gasteiger partial charge in [-0.25, -0.2) is 0 Å². The summed E-state index contributed by atoms with van der Waals surface area (Å²) in [5.74, 6) is 0.623. The number of amides is 1. The number of fused-ring (bicyclic) bond motifs is 1. The molecule has 0 spiro atoms. The van der Waals surface area contributed by atoms with Crippen LogP contribution in [0.15, 0.2) is 71.6 Å². The van der Waals surface area contributed by atoms with E-state index in [9.17, 15) is 4.79 Å². The van der Waals surface area contributed by atoms with E-state index in [2.05, 4.69) is 20.8 Å². The van der Waals surface area contributed by atoms with Crippen LogP contribution in [0.25, 0.3) is 22.2 Å². The van der Waals surface area contributed by atoms with E-state index in [0.29, 0.717) is 22.8 Å². The molecule has 1 heterocycles. The van der Waals surface area contributed by atoms with E-state index in [0.717, 1.165) is 16.3 Å². The number of rotatable bonds is 4. The van der Waals surface area contributed by atoms with Crippen molar-refractivity contribution in [2.45, 2.75) is 0 Å². The van der Waals surface area contributed by atoms with Gasteiger partial charge in [0.05, 0.1) is 12.7 Å². The van der Waals surface area contributed by atoms with Crippen LogP contribution in [0.1, 0.15) is 10.4 Å². The number of carbonyl (C=O) groups is 1. The Labute approximate surface area is 171 Å². The summed E-state index contributed by atoms with van der Waals surface area (Å²) in [6.07, 6.45) is 1.27. The molecule has 0 aliphatic heterocycles. The van der Waals surface area contributed by atoms with E-state index >= 15 is 0 Å². The van der Waals surface area contributed by atoms with Crippen LogP contribution < -0.4 is 15.4 Å². The van der Waals surface area contributed by atoms with Crippen LogP contribution in [-0.4, -0.2) is 28.3 Å². The second-order valence-corrected chi connectivity index (χ2v) is 6.55. The molecule has 1 amide bonds. The number of thiocarbonyl (C=S) groups is 1. The second kappa shape index (κ2) is 8.07. The molecule has 0 saturated carbocycles. The third kappa shape index (κ3) is 4.07. The molecule has 1 aromatic heterocycles. The molecular formula is C21H16N4O3S. The van der Waals surface area contributed by atoms with Crippen molar-refractivity contribution in [2.24, 2.45) is 0 Å². The van der Waals surface area contributed by atoms with Crippen molar-refractivity contribution < 1.29 is 14.1 Å². The monoisotopic (exact) mass is 404 g/mol. The Bertz CT molecular complexity index is 1170. The van der Waals surface area contributed by atoms with E-state index in [-0.39, 0.29) is 11.0 Å². The average molecular weight is 404 g/mol. The van der Waals surface area contributed by atoms with Gasteiger partial charge >= 0.3 is 0 Å². The quantitative estimate of drug-likeness (QED) is 0.497. The predicted octanol–water partition coefficient (Wildman–Crippen LogP) is 4.03. The van der Waals surface area contributed by atoms with Crippen LogP contribution in [0.3, 0.4) is 0 Å². The molecule has 8 heteroatoms. The van der Waals surface area contributed by atoms with E-state index in [1.54, 1.807) is 18.2 Å². The van der Waals surface area contributed by atoms with Crippen molar-refractivity contribution in [2.75, 3.05) is 12.4 Å². The van der Waals surface area contributed by atoms with Gasteiger partial charge in [-0.05, 0) is 59.4 Å². The maximum absolute atomic E-state index is 12.7. The summed E-state index contributed by atoms with van der Waals surface area (Å²) in [4.78, 5) is 16.7. The highest BCUT2D eigenvalue weighted by atomic mass is 32.1. The number of nitrogens with one attached hydrogen (secondary N) is 2. The molecule has 3 aromatic carbocycles. The summed E-state index contributed by atoms with van der Waals surface area (Å²) < 4.78 is 10.1. The third-order valence-electron chi connectivity index (χ3n) is 4.30. The van der Waals surface area contributed by atoms with Crippen LogP contribution in [0.2, 0.25) is 0 Å². The number of carbonyl (C=O) groups excluding carboxylic acids is 1. The number of aromatic nitrogens is 2. The van der Waals surface area contributed by atoms with Crippen molar-refractivity contribution in [3.8, 4) is 17.1 Å². The van der Waals surface area contributed by atoms with E-state index in [1.807, 2.05) is 42.5 Å². The third-order valence-corrected chi connectivity index (χ3v) is 4.51. The number of hydrogen-bond donors (Lipinski definition) is 2. The van der Waals surface area contributed by atoms with Gasteiger partial charge < -0.3 is 14.6 Å². The first-order valence-corrected chi connectivity index (χ1v) is 9.11. The van der Waals surface area contributed by atoms with Gasteiger partial charge in [0, 0.05) is 11.3 Å². The molecule has 0 bridgehead atoms. The molecule has 4 rings (SSSR count). The molecule has 29 heavy (non-hydrogen) atoms. The minimum Gasteiger partial charge on any atom is -0.496 e. The Kier molecular flexibility index (Phi) is 5.17. The highest BCUT2D eigenvalue weighted by molar-refractivity contribution is 7.80. The predicted molar refractivity (Wildman–Crippen MR) is 114 cm³/mol. The molecule has 0 saturated heterocycles. The van der Waals surface area contributed by atoms with Gasteiger partial charge in [-0.1, -0.05) is 29.4 Å². The van der Waals surface area contributed by atoms with E-state index in [1.165, 1.54) is 13.5 Å². The lowest BCUT2D eigenvalue weighted by atomic mass is 10.1. The molecule has 7 nitrogen and oxygen atoms in total. The summed E-state index contributed by atoms with van der Waals surface area (Å²) in [7, 11) is 1.53. The second-order valence-electron chi connectivity index (χ2n) is 6.14. The molecule has 0 aliphatic rings. The normalized spacial score (nSPS) is 10.5. The fourth-order valence-corrected chi connectivity index (χ4v) is 3.11. The maximum atomic E-state index is 12.7. The topological polar surface area (TPSA) is 89.3 Å². The zero-order valence-electron chi connectivity index (χ0n) is 15.4. The summed E-state index contributed by atoms with van der Waals surface area (Å²) in [5.41, 5.74) is 1.93. The molecule has 0 fully saturated rings. The SMILES string of the molecule is COc1cc2ccccc2cc1C(=O)NC(=S)Nc1ccc(-c2ncon2)cc1. The lowest BCUT2D eigenvalue weighted by molar-refractivity contribution is 0.0975. The van der Waals surface area contributed by atoms with Crippen molar-refractivity contribution >= 4 is 39.7 Å². The first-order chi connectivity index (χ1) is 14.1. The van der Waals surface area contributed by atoms with Gasteiger partial charge in [-0.15, -0.1) is 0 Å². The minimum atomic E-state index is -0.353. The van der Waals surface area contributed by atoms with Gasteiger partial charge in [0.15, 0.2) is 5.11 Å². The zero-order chi connectivity index (χ0) is 20.2. The molecule has 2 N–H and O–H groups in total. The lowest BCUT2D eigenvalue weighted by Crippen LogP contribution is -2.34. The smallest absolute Gasteiger partial charge is 0.261 e. The fourth-order valence-electron chi connectivity index (χ4n) is 2.90.